The molecule has 0 radical (unpaired) electrons. The Balaban J connectivity index is 1.74. The first-order valence-electron chi connectivity index (χ1n) is 10.9. The highest BCUT2D eigenvalue weighted by atomic mass is 35.5. The molecule has 0 aromatic heterocycles. The van der Waals surface area contributed by atoms with E-state index in [2.05, 4.69) is 18.7 Å². The number of halogens is 2. The SMILES string of the molecule is CCN(CC)C1CC(CN2C(=O)C(O)(c3ccccc3Cl)c3c(Cl)cc(C(N)=O)cc32)C1. The lowest BCUT2D eigenvalue weighted by Gasteiger charge is -2.43. The molecule has 1 aliphatic carbocycles. The van der Waals surface area contributed by atoms with Crippen LogP contribution in [0.1, 0.15) is 48.2 Å². The molecule has 2 aliphatic rings. The minimum Gasteiger partial charge on any atom is -0.372 e. The average Bonchev–Trinajstić information content (AvgIpc) is 2.95. The molecule has 0 bridgehead atoms. The van der Waals surface area contributed by atoms with Gasteiger partial charge in [0.1, 0.15) is 0 Å². The fraction of sp³-hybridized carbons (Fsp3) is 0.417. The van der Waals surface area contributed by atoms with Crippen LogP contribution in [0.2, 0.25) is 10.0 Å². The van der Waals surface area contributed by atoms with Crippen LogP contribution in [0.15, 0.2) is 36.4 Å². The smallest absolute Gasteiger partial charge is 0.268 e. The summed E-state index contributed by atoms with van der Waals surface area (Å²) in [7, 11) is 0. The van der Waals surface area contributed by atoms with E-state index in [9.17, 15) is 14.7 Å². The van der Waals surface area contributed by atoms with Gasteiger partial charge in [-0.3, -0.25) is 9.59 Å². The van der Waals surface area contributed by atoms with Crippen molar-refractivity contribution >= 4 is 40.7 Å². The summed E-state index contributed by atoms with van der Waals surface area (Å²) in [4.78, 5) is 29.5. The predicted octanol–water partition coefficient (Wildman–Crippen LogP) is 3.80. The summed E-state index contributed by atoms with van der Waals surface area (Å²) in [6, 6.07) is 10.1. The summed E-state index contributed by atoms with van der Waals surface area (Å²) in [6.45, 7) is 6.70. The molecule has 6 nitrogen and oxygen atoms in total. The summed E-state index contributed by atoms with van der Waals surface area (Å²) in [6.07, 6.45) is 1.93. The van der Waals surface area contributed by atoms with E-state index in [0.29, 0.717) is 18.3 Å². The number of rotatable bonds is 7. The Kier molecular flexibility index (Phi) is 6.25. The van der Waals surface area contributed by atoms with Gasteiger partial charge >= 0.3 is 0 Å². The van der Waals surface area contributed by atoms with Crippen LogP contribution in [0.4, 0.5) is 5.69 Å². The van der Waals surface area contributed by atoms with E-state index in [-0.39, 0.29) is 32.7 Å². The molecule has 1 atom stereocenters. The largest absolute Gasteiger partial charge is 0.372 e. The standard InChI is InChI=1S/C24H27Cl2N3O3/c1-3-28(4-2)16-9-14(10-16)13-29-20-12-15(22(27)30)11-19(26)21(20)24(32,23(29)31)17-7-5-6-8-18(17)25/h5-8,11-12,14,16,32H,3-4,9-10,13H2,1-2H3,(H2,27,30). The molecule has 170 valence electrons. The van der Waals surface area contributed by atoms with Gasteiger partial charge < -0.3 is 20.6 Å². The highest BCUT2D eigenvalue weighted by Gasteiger charge is 2.54. The normalized spacial score (nSPS) is 24.6. The molecular weight excluding hydrogens is 449 g/mol. The van der Waals surface area contributed by atoms with E-state index in [1.54, 1.807) is 29.2 Å². The third-order valence-corrected chi connectivity index (χ3v) is 7.43. The number of nitrogens with two attached hydrogens (primary N) is 1. The third-order valence-electron chi connectivity index (χ3n) is 6.81. The molecule has 2 aromatic carbocycles. The van der Waals surface area contributed by atoms with Gasteiger partial charge in [0, 0.05) is 34.3 Å². The second-order valence-electron chi connectivity index (χ2n) is 8.53. The summed E-state index contributed by atoms with van der Waals surface area (Å²) in [5.74, 6) is -0.891. The quantitative estimate of drug-likeness (QED) is 0.637. The van der Waals surface area contributed by atoms with Gasteiger partial charge in [0.2, 0.25) is 5.91 Å². The molecule has 1 heterocycles. The van der Waals surface area contributed by atoms with Crippen molar-refractivity contribution in [3.05, 3.63) is 63.1 Å². The zero-order valence-corrected chi connectivity index (χ0v) is 19.7. The minimum absolute atomic E-state index is 0.101. The molecule has 0 saturated heterocycles. The van der Waals surface area contributed by atoms with Gasteiger partial charge in [-0.1, -0.05) is 55.2 Å². The second-order valence-corrected chi connectivity index (χ2v) is 9.35. The van der Waals surface area contributed by atoms with Crippen LogP contribution in [0.3, 0.4) is 0 Å². The number of aliphatic hydroxyl groups is 1. The number of hydrogen-bond acceptors (Lipinski definition) is 4. The van der Waals surface area contributed by atoms with E-state index in [1.165, 1.54) is 12.1 Å². The van der Waals surface area contributed by atoms with E-state index in [1.807, 2.05) is 0 Å². The van der Waals surface area contributed by atoms with E-state index < -0.39 is 17.4 Å². The molecule has 2 amide bonds. The van der Waals surface area contributed by atoms with Crippen LogP contribution < -0.4 is 10.6 Å². The van der Waals surface area contributed by atoms with Crippen LogP contribution in [0.25, 0.3) is 0 Å². The summed E-state index contributed by atoms with van der Waals surface area (Å²) in [5, 5.41) is 12.1. The maximum atomic E-state index is 13.7. The van der Waals surface area contributed by atoms with Gasteiger partial charge in [0.15, 0.2) is 5.60 Å². The molecule has 3 N–H and O–H groups in total. The van der Waals surface area contributed by atoms with Crippen molar-refractivity contribution in [1.82, 2.24) is 4.90 Å². The molecule has 4 rings (SSSR count). The van der Waals surface area contributed by atoms with Gasteiger partial charge in [0.25, 0.3) is 5.91 Å². The second kappa shape index (κ2) is 8.67. The van der Waals surface area contributed by atoms with Crippen LogP contribution in [-0.4, -0.2) is 47.5 Å². The van der Waals surface area contributed by atoms with Crippen LogP contribution in [-0.2, 0) is 10.4 Å². The monoisotopic (exact) mass is 475 g/mol. The highest BCUT2D eigenvalue weighted by molar-refractivity contribution is 6.35. The van der Waals surface area contributed by atoms with Crippen LogP contribution in [0, 0.1) is 5.92 Å². The van der Waals surface area contributed by atoms with E-state index >= 15 is 0 Å². The van der Waals surface area contributed by atoms with Crippen molar-refractivity contribution in [3.63, 3.8) is 0 Å². The summed E-state index contributed by atoms with van der Waals surface area (Å²) in [5.41, 5.74) is 4.54. The lowest BCUT2D eigenvalue weighted by atomic mass is 9.78. The summed E-state index contributed by atoms with van der Waals surface area (Å²) >= 11 is 12.9. The van der Waals surface area contributed by atoms with E-state index in [4.69, 9.17) is 28.9 Å². The number of anilines is 1. The van der Waals surface area contributed by atoms with Gasteiger partial charge in [-0.25, -0.2) is 0 Å². The maximum Gasteiger partial charge on any atom is 0.268 e. The minimum atomic E-state index is -2.04. The Morgan fingerprint density at radius 2 is 1.84 bits per heavy atom. The molecule has 1 aliphatic heterocycles. The number of amides is 2. The van der Waals surface area contributed by atoms with Crippen molar-refractivity contribution in [2.75, 3.05) is 24.5 Å². The zero-order valence-electron chi connectivity index (χ0n) is 18.1. The zero-order chi connectivity index (χ0) is 23.2. The number of nitrogens with zero attached hydrogens (tertiary/aromatic N) is 2. The number of hydrogen-bond donors (Lipinski definition) is 2. The Hall–Kier alpha value is -2.12. The number of carbonyl (C=O) groups is 2. The van der Waals surface area contributed by atoms with Gasteiger partial charge in [0.05, 0.1) is 10.7 Å². The lowest BCUT2D eigenvalue weighted by molar-refractivity contribution is -0.132. The fourth-order valence-electron chi connectivity index (χ4n) is 5.05. The Labute approximate surface area is 197 Å². The molecule has 0 spiro atoms. The molecule has 1 unspecified atom stereocenters. The Morgan fingerprint density at radius 1 is 1.19 bits per heavy atom. The average molecular weight is 476 g/mol. The van der Waals surface area contributed by atoms with Gasteiger partial charge in [-0.05, 0) is 50.0 Å². The molecular formula is C24H27Cl2N3O3. The number of fused-ring (bicyclic) bond motifs is 1. The van der Waals surface area contributed by atoms with Crippen molar-refractivity contribution in [1.29, 1.82) is 0 Å². The summed E-state index contributed by atoms with van der Waals surface area (Å²) < 4.78 is 0. The first-order chi connectivity index (χ1) is 15.2. The lowest BCUT2D eigenvalue weighted by Crippen LogP contribution is -2.50. The van der Waals surface area contributed by atoms with Crippen LogP contribution >= 0.6 is 23.2 Å². The maximum absolute atomic E-state index is 13.7. The molecule has 2 aromatic rings. The highest BCUT2D eigenvalue weighted by Crippen LogP contribution is 2.50. The molecule has 32 heavy (non-hydrogen) atoms. The topological polar surface area (TPSA) is 86.9 Å². The van der Waals surface area contributed by atoms with Gasteiger partial charge in [-0.2, -0.15) is 0 Å². The fourth-order valence-corrected chi connectivity index (χ4v) is 5.67. The molecule has 1 saturated carbocycles. The number of carbonyl (C=O) groups excluding carboxylic acids is 2. The third kappa shape index (κ3) is 3.59. The molecule has 8 heteroatoms. The van der Waals surface area contributed by atoms with Gasteiger partial charge in [-0.15, -0.1) is 0 Å². The Morgan fingerprint density at radius 3 is 2.44 bits per heavy atom. The first-order valence-corrected chi connectivity index (χ1v) is 11.6. The van der Waals surface area contributed by atoms with Crippen molar-refractivity contribution in [2.45, 2.75) is 38.3 Å². The van der Waals surface area contributed by atoms with Crippen molar-refractivity contribution in [3.8, 4) is 0 Å². The number of benzene rings is 2. The Bertz CT molecular complexity index is 1070. The van der Waals surface area contributed by atoms with E-state index in [0.717, 1.165) is 25.9 Å². The predicted molar refractivity (Wildman–Crippen MR) is 126 cm³/mol. The molecule has 1 fully saturated rings. The van der Waals surface area contributed by atoms with Crippen molar-refractivity contribution in [2.24, 2.45) is 11.7 Å². The number of primary amides is 1. The van der Waals surface area contributed by atoms with Crippen molar-refractivity contribution < 1.29 is 14.7 Å². The first kappa shape index (κ1) is 23.1. The van der Waals surface area contributed by atoms with Crippen LogP contribution in [0.5, 0.6) is 0 Å².